The average Bonchev–Trinajstić information content (AvgIpc) is 2.67. The molecule has 2 fully saturated rings. The number of fused-ring (bicyclic) bond motifs is 2. The minimum absolute atomic E-state index is 0.232. The Labute approximate surface area is 130 Å². The van der Waals surface area contributed by atoms with Gasteiger partial charge in [-0.1, -0.05) is 0 Å². The molecule has 0 saturated carbocycles. The zero-order valence-corrected chi connectivity index (χ0v) is 13.6. The van der Waals surface area contributed by atoms with Crippen molar-refractivity contribution in [2.45, 2.75) is 43.8 Å². The summed E-state index contributed by atoms with van der Waals surface area (Å²) in [5.41, 5.74) is 0. The van der Waals surface area contributed by atoms with E-state index in [-0.39, 0.29) is 6.03 Å². The van der Waals surface area contributed by atoms with Gasteiger partial charge < -0.3 is 15.3 Å². The van der Waals surface area contributed by atoms with Crippen molar-refractivity contribution >= 4 is 23.8 Å². The first-order valence-corrected chi connectivity index (χ1v) is 8.91. The largest absolute Gasteiger partial charge is 0.480 e. The number of nitrogens with zero attached hydrogens (tertiary/aromatic N) is 2. The van der Waals surface area contributed by atoms with Crippen LogP contribution in [0, 0.1) is 0 Å². The second-order valence-electron chi connectivity index (χ2n) is 5.91. The number of aliphatic carboxylic acids is 1. The fourth-order valence-corrected chi connectivity index (χ4v) is 3.70. The highest BCUT2D eigenvalue weighted by Gasteiger charge is 2.36. The molecule has 0 spiro atoms. The standard InChI is InChI=1S/C14H25N3O3S/c1-16-10-3-4-11(16)9-17(7-5-10)14(20)15-12(13(18)19)6-8-21-2/h10-12H,3-9H2,1-2H3,(H,15,20)(H,18,19)/t10?,11?,12-/m0/s1. The molecule has 7 heteroatoms. The zero-order chi connectivity index (χ0) is 15.4. The van der Waals surface area contributed by atoms with Crippen LogP contribution in [0.5, 0.6) is 0 Å². The van der Waals surface area contributed by atoms with Gasteiger partial charge in [0, 0.05) is 25.2 Å². The first-order valence-electron chi connectivity index (χ1n) is 7.52. The van der Waals surface area contributed by atoms with Crippen LogP contribution >= 0.6 is 11.8 Å². The molecule has 0 aromatic heterocycles. The molecule has 6 nitrogen and oxygen atoms in total. The van der Waals surface area contributed by atoms with Gasteiger partial charge in [0.25, 0.3) is 0 Å². The third kappa shape index (κ3) is 4.03. The highest BCUT2D eigenvalue weighted by molar-refractivity contribution is 7.98. The molecule has 2 aliphatic heterocycles. The molecule has 2 heterocycles. The maximum Gasteiger partial charge on any atom is 0.326 e. The molecule has 21 heavy (non-hydrogen) atoms. The second-order valence-corrected chi connectivity index (χ2v) is 6.89. The summed E-state index contributed by atoms with van der Waals surface area (Å²) >= 11 is 1.59. The number of likely N-dealkylation sites (N-methyl/N-ethyl adjacent to an activating group) is 1. The van der Waals surface area contributed by atoms with E-state index in [0.29, 0.717) is 31.6 Å². The number of carboxylic acids is 1. The van der Waals surface area contributed by atoms with Gasteiger partial charge >= 0.3 is 12.0 Å². The van der Waals surface area contributed by atoms with E-state index in [2.05, 4.69) is 17.3 Å². The Morgan fingerprint density at radius 2 is 2.05 bits per heavy atom. The van der Waals surface area contributed by atoms with E-state index in [1.54, 1.807) is 16.7 Å². The summed E-state index contributed by atoms with van der Waals surface area (Å²) in [6, 6.07) is -0.0372. The maximum absolute atomic E-state index is 12.3. The van der Waals surface area contributed by atoms with Crippen LogP contribution in [0.1, 0.15) is 25.7 Å². The van der Waals surface area contributed by atoms with Crippen molar-refractivity contribution in [3.8, 4) is 0 Å². The fourth-order valence-electron chi connectivity index (χ4n) is 3.23. The molecule has 3 atom stereocenters. The number of carbonyl (C=O) groups is 2. The fraction of sp³-hybridized carbons (Fsp3) is 0.857. The van der Waals surface area contributed by atoms with Gasteiger partial charge in [0.1, 0.15) is 6.04 Å². The molecule has 0 aromatic carbocycles. The summed E-state index contributed by atoms with van der Waals surface area (Å²) < 4.78 is 0. The highest BCUT2D eigenvalue weighted by Crippen LogP contribution is 2.28. The Morgan fingerprint density at radius 3 is 2.71 bits per heavy atom. The Morgan fingerprint density at radius 1 is 1.33 bits per heavy atom. The lowest BCUT2D eigenvalue weighted by atomic mass is 10.1. The number of carbonyl (C=O) groups excluding carboxylic acids is 1. The van der Waals surface area contributed by atoms with Gasteiger partial charge in [0.15, 0.2) is 0 Å². The number of amides is 2. The molecule has 120 valence electrons. The van der Waals surface area contributed by atoms with Crippen molar-refractivity contribution in [1.29, 1.82) is 0 Å². The van der Waals surface area contributed by atoms with Crippen molar-refractivity contribution in [2.75, 3.05) is 32.1 Å². The summed E-state index contributed by atoms with van der Waals surface area (Å²) in [6.45, 7) is 1.42. The summed E-state index contributed by atoms with van der Waals surface area (Å²) in [6.07, 6.45) is 5.70. The minimum atomic E-state index is -0.953. The molecule has 0 radical (unpaired) electrons. The van der Waals surface area contributed by atoms with Crippen LogP contribution in [0.4, 0.5) is 4.79 Å². The molecular formula is C14H25N3O3S. The van der Waals surface area contributed by atoms with Gasteiger partial charge in [-0.05, 0) is 44.7 Å². The van der Waals surface area contributed by atoms with Crippen molar-refractivity contribution in [3.63, 3.8) is 0 Å². The van der Waals surface area contributed by atoms with Crippen molar-refractivity contribution in [2.24, 2.45) is 0 Å². The number of likely N-dealkylation sites (tertiary alicyclic amines) is 1. The van der Waals surface area contributed by atoms with E-state index in [9.17, 15) is 14.7 Å². The molecular weight excluding hydrogens is 290 g/mol. The quantitative estimate of drug-likeness (QED) is 0.794. The third-order valence-corrected chi connectivity index (χ3v) is 5.29. The van der Waals surface area contributed by atoms with Gasteiger partial charge in [-0.2, -0.15) is 11.8 Å². The van der Waals surface area contributed by atoms with Crippen molar-refractivity contribution in [1.82, 2.24) is 15.1 Å². The Bertz CT molecular complexity index is 394. The Hall–Kier alpha value is -0.950. The van der Waals surface area contributed by atoms with Crippen LogP contribution in [0.2, 0.25) is 0 Å². The molecule has 0 aromatic rings. The van der Waals surface area contributed by atoms with Gasteiger partial charge in [-0.15, -0.1) is 0 Å². The number of rotatable bonds is 5. The molecule has 2 amide bonds. The molecule has 2 N–H and O–H groups in total. The molecule has 2 bridgehead atoms. The van der Waals surface area contributed by atoms with Gasteiger partial charge in [-0.3, -0.25) is 4.90 Å². The normalized spacial score (nSPS) is 27.2. The highest BCUT2D eigenvalue weighted by atomic mass is 32.2. The smallest absolute Gasteiger partial charge is 0.326 e. The lowest BCUT2D eigenvalue weighted by Crippen LogP contribution is -2.50. The minimum Gasteiger partial charge on any atom is -0.480 e. The average molecular weight is 315 g/mol. The molecule has 2 saturated heterocycles. The van der Waals surface area contributed by atoms with Gasteiger partial charge in [0.05, 0.1) is 0 Å². The number of thioether (sulfide) groups is 1. The van der Waals surface area contributed by atoms with E-state index in [1.807, 2.05) is 6.26 Å². The van der Waals surface area contributed by atoms with E-state index in [0.717, 1.165) is 18.6 Å². The first kappa shape index (κ1) is 16.4. The number of hydrogen-bond donors (Lipinski definition) is 2. The molecule has 2 rings (SSSR count). The lowest BCUT2D eigenvalue weighted by molar-refractivity contribution is -0.139. The Kier molecular flexibility index (Phi) is 5.75. The molecule has 2 unspecified atom stereocenters. The zero-order valence-electron chi connectivity index (χ0n) is 12.7. The van der Waals surface area contributed by atoms with E-state index >= 15 is 0 Å². The third-order valence-electron chi connectivity index (χ3n) is 4.64. The summed E-state index contributed by atoms with van der Waals surface area (Å²) in [5.74, 6) is -0.226. The van der Waals surface area contributed by atoms with Crippen molar-refractivity contribution in [3.05, 3.63) is 0 Å². The van der Waals surface area contributed by atoms with Crippen LogP contribution in [0.25, 0.3) is 0 Å². The first-order chi connectivity index (χ1) is 10.0. The SMILES string of the molecule is CSCC[C@H](NC(=O)N1CCC2CCC(C1)N2C)C(=O)O. The topological polar surface area (TPSA) is 72.9 Å². The monoisotopic (exact) mass is 315 g/mol. The van der Waals surface area contributed by atoms with Crippen molar-refractivity contribution < 1.29 is 14.7 Å². The predicted octanol–water partition coefficient (Wildman–Crippen LogP) is 1.07. The number of hydrogen-bond acceptors (Lipinski definition) is 4. The van der Waals surface area contributed by atoms with E-state index in [1.165, 1.54) is 6.42 Å². The predicted molar refractivity (Wildman–Crippen MR) is 83.7 cm³/mol. The van der Waals surface area contributed by atoms with Gasteiger partial charge in [-0.25, -0.2) is 9.59 Å². The van der Waals surface area contributed by atoms with Gasteiger partial charge in [0.2, 0.25) is 0 Å². The summed E-state index contributed by atoms with van der Waals surface area (Å²) in [7, 11) is 2.13. The van der Waals surface area contributed by atoms with Crippen LogP contribution in [-0.4, -0.2) is 77.2 Å². The lowest BCUT2D eigenvalue weighted by Gasteiger charge is -2.27. The summed E-state index contributed by atoms with van der Waals surface area (Å²) in [4.78, 5) is 27.7. The number of carboxylic acid groups (broad SMARTS) is 1. The van der Waals surface area contributed by atoms with Crippen LogP contribution in [0.15, 0.2) is 0 Å². The van der Waals surface area contributed by atoms with Crippen LogP contribution < -0.4 is 5.32 Å². The van der Waals surface area contributed by atoms with E-state index < -0.39 is 12.0 Å². The maximum atomic E-state index is 12.3. The number of nitrogens with one attached hydrogen (secondary N) is 1. The van der Waals surface area contributed by atoms with Crippen LogP contribution in [0.3, 0.4) is 0 Å². The Balaban J connectivity index is 1.91. The summed E-state index contributed by atoms with van der Waals surface area (Å²) in [5, 5.41) is 11.9. The van der Waals surface area contributed by atoms with E-state index in [4.69, 9.17) is 0 Å². The molecule has 0 aliphatic carbocycles. The van der Waals surface area contributed by atoms with Crippen LogP contribution in [-0.2, 0) is 4.79 Å². The molecule has 2 aliphatic rings. The second kappa shape index (κ2) is 7.35. The number of urea groups is 1.